The van der Waals surface area contributed by atoms with Crippen LogP contribution in [0.3, 0.4) is 0 Å². The number of nitrogens with zero attached hydrogens (tertiary/aromatic N) is 2. The summed E-state index contributed by atoms with van der Waals surface area (Å²) in [4.78, 5) is 19.9. The summed E-state index contributed by atoms with van der Waals surface area (Å²) in [6.07, 6.45) is 8.25. The fourth-order valence-corrected chi connectivity index (χ4v) is 4.28. The number of anilines is 2. The molecule has 7 heteroatoms. The van der Waals surface area contributed by atoms with Gasteiger partial charge in [0.1, 0.15) is 22.6 Å². The van der Waals surface area contributed by atoms with E-state index in [0.29, 0.717) is 15.6 Å². The largest absolute Gasteiger partial charge is 0.489 e. The van der Waals surface area contributed by atoms with Crippen molar-refractivity contribution in [2.45, 2.75) is 73.5 Å². The number of carbonyl (C=O) groups is 1. The van der Waals surface area contributed by atoms with E-state index in [1.54, 1.807) is 6.07 Å². The molecule has 35 heavy (non-hydrogen) atoms. The van der Waals surface area contributed by atoms with Crippen LogP contribution in [0.1, 0.15) is 75.2 Å². The molecule has 2 atom stereocenters. The second kappa shape index (κ2) is 16.1. The van der Waals surface area contributed by atoms with E-state index in [1.807, 2.05) is 71.0 Å². The van der Waals surface area contributed by atoms with E-state index in [2.05, 4.69) is 36.1 Å². The first-order valence-electron chi connectivity index (χ1n) is 12.6. The molecule has 2 aromatic rings. The lowest BCUT2D eigenvalue weighted by Crippen LogP contribution is -2.30. The van der Waals surface area contributed by atoms with E-state index in [9.17, 15) is 4.79 Å². The molecule has 2 unspecified atom stereocenters. The number of allylic oxidation sites excluding steroid dienone is 2. The number of hydrogen-bond acceptors (Lipinski definition) is 7. The number of thiazole rings is 1. The first kappa shape index (κ1) is 30.4. The van der Waals surface area contributed by atoms with E-state index < -0.39 is 0 Å². The van der Waals surface area contributed by atoms with Crippen LogP contribution in [0.4, 0.5) is 10.9 Å². The summed E-state index contributed by atoms with van der Waals surface area (Å²) in [5, 5.41) is 3.94. The Kier molecular flexibility index (Phi) is 14.0. The fraction of sp³-hybridized carbons (Fsp3) is 0.500. The summed E-state index contributed by atoms with van der Waals surface area (Å²) in [5.74, 6) is 0.999. The summed E-state index contributed by atoms with van der Waals surface area (Å²) in [7, 11) is 2.11. The smallest absolute Gasteiger partial charge is 0.206 e. The molecule has 1 aromatic carbocycles. The van der Waals surface area contributed by atoms with Crippen LogP contribution < -0.4 is 11.1 Å². The number of aromatic nitrogens is 1. The Morgan fingerprint density at radius 2 is 2.03 bits per heavy atom. The van der Waals surface area contributed by atoms with Gasteiger partial charge in [-0.15, -0.1) is 0 Å². The van der Waals surface area contributed by atoms with Crippen LogP contribution in [0.2, 0.25) is 0 Å². The van der Waals surface area contributed by atoms with E-state index >= 15 is 0 Å². The Bertz CT molecular complexity index is 968. The third-order valence-electron chi connectivity index (χ3n) is 5.29. The molecule has 1 heterocycles. The van der Waals surface area contributed by atoms with Crippen LogP contribution in [0.15, 0.2) is 48.3 Å². The van der Waals surface area contributed by atoms with E-state index in [-0.39, 0.29) is 23.7 Å². The molecule has 0 saturated carbocycles. The Morgan fingerprint density at radius 3 is 2.63 bits per heavy atom. The molecule has 0 aliphatic rings. The van der Waals surface area contributed by atoms with Gasteiger partial charge in [-0.3, -0.25) is 4.79 Å². The van der Waals surface area contributed by atoms with Crippen molar-refractivity contribution in [3.05, 3.63) is 64.3 Å². The summed E-state index contributed by atoms with van der Waals surface area (Å²) in [5.41, 5.74) is 7.71. The van der Waals surface area contributed by atoms with Gasteiger partial charge in [0.05, 0.1) is 0 Å². The summed E-state index contributed by atoms with van der Waals surface area (Å²) in [6.45, 7) is 16.2. The number of rotatable bonds is 13. The highest BCUT2D eigenvalue weighted by Crippen LogP contribution is 2.28. The highest BCUT2D eigenvalue weighted by Gasteiger charge is 2.18. The van der Waals surface area contributed by atoms with Crippen molar-refractivity contribution in [1.82, 2.24) is 9.88 Å². The van der Waals surface area contributed by atoms with E-state index in [4.69, 9.17) is 10.5 Å². The van der Waals surface area contributed by atoms with Crippen molar-refractivity contribution in [2.75, 3.05) is 31.2 Å². The van der Waals surface area contributed by atoms with Crippen LogP contribution in [0.5, 0.6) is 0 Å². The number of benzene rings is 1. The lowest BCUT2D eigenvalue weighted by atomic mass is 10.1. The second-order valence-electron chi connectivity index (χ2n) is 8.30. The van der Waals surface area contributed by atoms with Gasteiger partial charge in [-0.2, -0.15) is 0 Å². The third kappa shape index (κ3) is 10.2. The zero-order valence-electron chi connectivity index (χ0n) is 22.7. The van der Waals surface area contributed by atoms with Gasteiger partial charge >= 0.3 is 0 Å². The molecule has 0 amide bonds. The molecule has 0 bridgehead atoms. The van der Waals surface area contributed by atoms with Crippen molar-refractivity contribution in [3.8, 4) is 0 Å². The maximum Gasteiger partial charge on any atom is 0.206 e. The number of carbonyl (C=O) groups excluding carboxylic acids is 1. The Balaban J connectivity index is 0.00000298. The molecule has 0 aliphatic heterocycles. The molecule has 0 radical (unpaired) electrons. The minimum atomic E-state index is -0.103. The molecule has 6 nitrogen and oxygen atoms in total. The van der Waals surface area contributed by atoms with Crippen LogP contribution in [-0.4, -0.2) is 48.0 Å². The second-order valence-corrected chi connectivity index (χ2v) is 9.30. The van der Waals surface area contributed by atoms with Crippen molar-refractivity contribution >= 4 is 28.1 Å². The zero-order valence-corrected chi connectivity index (χ0v) is 23.5. The number of nitrogens with two attached hydrogens (primary N) is 1. The van der Waals surface area contributed by atoms with Crippen molar-refractivity contribution in [2.24, 2.45) is 0 Å². The number of nitrogen functional groups attached to an aromatic ring is 1. The molecule has 0 aliphatic carbocycles. The van der Waals surface area contributed by atoms with Gasteiger partial charge in [-0.05, 0) is 59.0 Å². The normalized spacial score (nSPS) is 13.3. The molecule has 3 N–H and O–H groups in total. The van der Waals surface area contributed by atoms with E-state index in [1.165, 1.54) is 11.3 Å². The molecule has 2 rings (SSSR count). The van der Waals surface area contributed by atoms with Gasteiger partial charge in [-0.1, -0.05) is 75.3 Å². The quantitative estimate of drug-likeness (QED) is 0.181. The van der Waals surface area contributed by atoms with Gasteiger partial charge in [0.25, 0.3) is 0 Å². The molecular formula is C28H44N4O2S. The highest BCUT2D eigenvalue weighted by molar-refractivity contribution is 7.18. The van der Waals surface area contributed by atoms with Gasteiger partial charge in [0.2, 0.25) is 5.78 Å². The first-order valence-corrected chi connectivity index (χ1v) is 13.4. The standard InChI is InChI=1S/C26H38N4O2S.C2H6/c1-7-11-22(17-30(6)9-3)32-21(8-2)15-14-19(5)28-26-29-25(27)24(33-26)23(31)20-13-10-12-18(4)16-20;1-2/h8,10,12-16,19,22H,7,9,11,17,27H2,1-6H3,(H,28,29);1-2H3/b15-14-,21-8+;. The van der Waals surface area contributed by atoms with Gasteiger partial charge in [0, 0.05) is 18.2 Å². The van der Waals surface area contributed by atoms with E-state index in [0.717, 1.165) is 37.3 Å². The predicted molar refractivity (Wildman–Crippen MR) is 151 cm³/mol. The fourth-order valence-electron chi connectivity index (χ4n) is 3.34. The number of aryl methyl sites for hydroxylation is 1. The predicted octanol–water partition coefficient (Wildman–Crippen LogP) is 6.69. The molecule has 1 aromatic heterocycles. The Hall–Kier alpha value is -2.64. The molecule has 0 spiro atoms. The van der Waals surface area contributed by atoms with Gasteiger partial charge in [-0.25, -0.2) is 4.98 Å². The molecule has 0 fully saturated rings. The van der Waals surface area contributed by atoms with Crippen molar-refractivity contribution in [1.29, 1.82) is 0 Å². The lowest BCUT2D eigenvalue weighted by molar-refractivity contribution is 0.0836. The maximum absolute atomic E-state index is 12.8. The van der Waals surface area contributed by atoms with Gasteiger partial charge < -0.3 is 20.7 Å². The summed E-state index contributed by atoms with van der Waals surface area (Å²) >= 11 is 1.28. The number of ether oxygens (including phenoxy) is 1. The Morgan fingerprint density at radius 1 is 1.31 bits per heavy atom. The van der Waals surface area contributed by atoms with Gasteiger partial charge in [0.15, 0.2) is 5.13 Å². The molecule has 0 saturated heterocycles. The topological polar surface area (TPSA) is 80.5 Å². The van der Waals surface area contributed by atoms with Crippen molar-refractivity contribution < 1.29 is 9.53 Å². The average Bonchev–Trinajstić information content (AvgIpc) is 3.21. The Labute approximate surface area is 216 Å². The number of hydrogen-bond donors (Lipinski definition) is 2. The number of likely N-dealkylation sites (N-methyl/N-ethyl adjacent to an activating group) is 1. The first-order chi connectivity index (χ1) is 16.8. The van der Waals surface area contributed by atoms with Crippen LogP contribution in [-0.2, 0) is 4.74 Å². The lowest BCUT2D eigenvalue weighted by Gasteiger charge is -2.24. The number of ketones is 1. The third-order valence-corrected chi connectivity index (χ3v) is 6.29. The number of nitrogens with one attached hydrogen (secondary N) is 1. The maximum atomic E-state index is 12.8. The molecular weight excluding hydrogens is 456 g/mol. The monoisotopic (exact) mass is 500 g/mol. The van der Waals surface area contributed by atoms with Crippen LogP contribution in [0, 0.1) is 6.92 Å². The van der Waals surface area contributed by atoms with Crippen LogP contribution in [0.25, 0.3) is 0 Å². The SMILES string of the molecule is C/C=C(\C=C/C(C)Nc1nc(N)c(C(=O)c2cccc(C)c2)s1)OC(CCC)CN(C)CC.CC. The minimum Gasteiger partial charge on any atom is -0.489 e. The molecule has 194 valence electrons. The zero-order chi connectivity index (χ0) is 26.4. The van der Waals surface area contributed by atoms with Crippen LogP contribution >= 0.6 is 11.3 Å². The minimum absolute atomic E-state index is 0.0148. The summed E-state index contributed by atoms with van der Waals surface area (Å²) < 4.78 is 6.25. The van der Waals surface area contributed by atoms with Crippen molar-refractivity contribution in [3.63, 3.8) is 0 Å². The summed E-state index contributed by atoms with van der Waals surface area (Å²) in [6, 6.07) is 7.48. The average molecular weight is 501 g/mol. The highest BCUT2D eigenvalue weighted by atomic mass is 32.1.